The van der Waals surface area contributed by atoms with Gasteiger partial charge in [-0.15, -0.1) is 0 Å². The molecule has 3 fully saturated rings. The first-order valence-corrected chi connectivity index (χ1v) is 11.0. The zero-order chi connectivity index (χ0) is 23.2. The minimum Gasteiger partial charge on any atom is -0.444 e. The summed E-state index contributed by atoms with van der Waals surface area (Å²) >= 11 is 0. The van der Waals surface area contributed by atoms with Crippen molar-refractivity contribution in [2.24, 2.45) is 29.2 Å². The van der Waals surface area contributed by atoms with E-state index in [2.05, 4.69) is 10.6 Å². The maximum Gasteiger partial charge on any atom is 0.407 e. The van der Waals surface area contributed by atoms with Gasteiger partial charge in [-0.05, 0) is 77.6 Å². The molecule has 6 N–H and O–H groups in total. The number of hydrogen-bond acceptors (Lipinski definition) is 6. The summed E-state index contributed by atoms with van der Waals surface area (Å²) in [6, 6.07) is -0.342. The van der Waals surface area contributed by atoms with Crippen LogP contribution in [0.15, 0.2) is 0 Å². The molecule has 0 aromatic rings. The van der Waals surface area contributed by atoms with Crippen LogP contribution in [0.25, 0.3) is 0 Å². The number of nitrogens with one attached hydrogen (secondary N) is 2. The molecule has 3 atom stereocenters. The van der Waals surface area contributed by atoms with Crippen LogP contribution in [0, 0.1) is 17.8 Å². The summed E-state index contributed by atoms with van der Waals surface area (Å²) in [5, 5.41) is 5.55. The van der Waals surface area contributed by atoms with Gasteiger partial charge in [0.05, 0.1) is 5.92 Å². The van der Waals surface area contributed by atoms with Crippen LogP contribution in [0.4, 0.5) is 9.59 Å². The number of carbonyl (C=O) groups excluding carboxylic acids is 4. The van der Waals surface area contributed by atoms with Crippen molar-refractivity contribution in [1.29, 1.82) is 0 Å². The van der Waals surface area contributed by atoms with E-state index in [1.54, 1.807) is 20.8 Å². The van der Waals surface area contributed by atoms with E-state index >= 15 is 0 Å². The van der Waals surface area contributed by atoms with Crippen LogP contribution >= 0.6 is 0 Å². The summed E-state index contributed by atoms with van der Waals surface area (Å²) in [5.41, 5.74) is 10.2. The van der Waals surface area contributed by atoms with Crippen molar-refractivity contribution in [3.8, 4) is 0 Å². The topological polar surface area (TPSA) is 163 Å². The number of rotatable bonds is 9. The zero-order valence-corrected chi connectivity index (χ0v) is 18.6. The molecular formula is C21H36N4O6. The predicted molar refractivity (Wildman–Crippen MR) is 113 cm³/mol. The summed E-state index contributed by atoms with van der Waals surface area (Å²) in [6.07, 6.45) is 2.46. The van der Waals surface area contributed by atoms with E-state index in [9.17, 15) is 19.2 Å². The molecule has 0 radical (unpaired) electrons. The molecule has 0 spiro atoms. The number of fused-ring (bicyclic) bond motifs is 3. The van der Waals surface area contributed by atoms with Gasteiger partial charge < -0.3 is 31.6 Å². The fraction of sp³-hybridized carbons (Fsp3) is 0.810. The molecular weight excluding hydrogens is 404 g/mol. The van der Waals surface area contributed by atoms with Gasteiger partial charge in [-0.25, -0.2) is 9.59 Å². The third-order valence-electron chi connectivity index (χ3n) is 5.97. The van der Waals surface area contributed by atoms with Crippen LogP contribution in [-0.4, -0.2) is 48.3 Å². The number of nitrogens with two attached hydrogens (primary N) is 2. The quantitative estimate of drug-likeness (QED) is 0.397. The molecule has 10 nitrogen and oxygen atoms in total. The van der Waals surface area contributed by atoms with Crippen molar-refractivity contribution >= 4 is 24.0 Å². The van der Waals surface area contributed by atoms with Crippen molar-refractivity contribution in [3.05, 3.63) is 0 Å². The number of primary amides is 2. The van der Waals surface area contributed by atoms with E-state index in [1.807, 2.05) is 0 Å². The van der Waals surface area contributed by atoms with E-state index in [0.717, 1.165) is 25.7 Å². The number of amides is 4. The Balaban J connectivity index is 1.85. The molecule has 3 aliphatic carbocycles. The minimum absolute atomic E-state index is 0.183. The third-order valence-corrected chi connectivity index (χ3v) is 5.97. The maximum absolute atomic E-state index is 12.8. The lowest BCUT2D eigenvalue weighted by atomic mass is 9.61. The van der Waals surface area contributed by atoms with Crippen molar-refractivity contribution in [3.63, 3.8) is 0 Å². The van der Waals surface area contributed by atoms with Gasteiger partial charge in [0.2, 0.25) is 5.91 Å². The maximum atomic E-state index is 12.8. The second kappa shape index (κ2) is 10.7. The van der Waals surface area contributed by atoms with E-state index in [0.29, 0.717) is 19.4 Å². The second-order valence-corrected chi connectivity index (χ2v) is 9.49. The Hall–Kier alpha value is -2.52. The Morgan fingerprint density at radius 2 is 1.61 bits per heavy atom. The first-order chi connectivity index (χ1) is 14.5. The van der Waals surface area contributed by atoms with E-state index in [4.69, 9.17) is 20.9 Å². The van der Waals surface area contributed by atoms with Gasteiger partial charge in [0, 0.05) is 12.6 Å². The normalized spacial score (nSPS) is 25.9. The van der Waals surface area contributed by atoms with Crippen LogP contribution in [-0.2, 0) is 19.1 Å². The first kappa shape index (κ1) is 24.7. The molecule has 10 heteroatoms. The molecule has 3 saturated carbocycles. The van der Waals surface area contributed by atoms with Crippen molar-refractivity contribution < 1.29 is 28.7 Å². The lowest BCUT2D eigenvalue weighted by Crippen LogP contribution is -2.59. The van der Waals surface area contributed by atoms with Gasteiger partial charge in [0.15, 0.2) is 6.10 Å². The third kappa shape index (κ3) is 7.59. The highest BCUT2D eigenvalue weighted by molar-refractivity contribution is 5.85. The van der Waals surface area contributed by atoms with E-state index in [1.165, 1.54) is 0 Å². The van der Waals surface area contributed by atoms with Crippen LogP contribution in [0.3, 0.4) is 0 Å². The molecule has 176 valence electrons. The average Bonchev–Trinajstić information content (AvgIpc) is 2.65. The Morgan fingerprint density at radius 3 is 2.16 bits per heavy atom. The number of carbonyl (C=O) groups is 4. The molecule has 3 aliphatic rings. The highest BCUT2D eigenvalue weighted by Crippen LogP contribution is 2.45. The Labute approximate surface area is 183 Å². The van der Waals surface area contributed by atoms with Gasteiger partial charge in [-0.3, -0.25) is 9.59 Å². The van der Waals surface area contributed by atoms with Crippen LogP contribution in [0.1, 0.15) is 65.7 Å². The van der Waals surface area contributed by atoms with Gasteiger partial charge in [-0.2, -0.15) is 0 Å². The summed E-state index contributed by atoms with van der Waals surface area (Å²) in [4.78, 5) is 47.8. The van der Waals surface area contributed by atoms with Crippen LogP contribution < -0.4 is 22.1 Å². The molecule has 0 aromatic heterocycles. The lowest BCUT2D eigenvalue weighted by Gasteiger charge is -2.47. The van der Waals surface area contributed by atoms with Gasteiger partial charge >= 0.3 is 12.2 Å². The molecule has 3 unspecified atom stereocenters. The summed E-state index contributed by atoms with van der Waals surface area (Å²) in [7, 11) is 0. The molecule has 0 aromatic carbocycles. The van der Waals surface area contributed by atoms with Gasteiger partial charge in [0.25, 0.3) is 5.91 Å². The molecule has 0 saturated heterocycles. The minimum atomic E-state index is -1.06. The van der Waals surface area contributed by atoms with E-state index in [-0.39, 0.29) is 24.3 Å². The van der Waals surface area contributed by atoms with Gasteiger partial charge in [0.1, 0.15) is 5.60 Å². The summed E-state index contributed by atoms with van der Waals surface area (Å²) < 4.78 is 10.2. The SMILES string of the molecule is CC(C)(C)OC(=O)NCCCCC(OC(N)=O)C(=O)NC1C2CCC(CC2)C1C(N)=O. The Bertz CT molecular complexity index is 669. The smallest absolute Gasteiger partial charge is 0.407 e. The largest absolute Gasteiger partial charge is 0.444 e. The van der Waals surface area contributed by atoms with Crippen molar-refractivity contribution in [1.82, 2.24) is 10.6 Å². The Kier molecular flexibility index (Phi) is 8.52. The summed E-state index contributed by atoms with van der Waals surface area (Å²) in [5.74, 6) is -0.896. The molecule has 31 heavy (non-hydrogen) atoms. The fourth-order valence-corrected chi connectivity index (χ4v) is 4.67. The average molecular weight is 441 g/mol. The standard InChI is InChI=1S/C21H36N4O6/c1-21(2,3)31-20(29)24-11-5-4-6-14(30-19(23)28)18(27)25-16-13-9-7-12(8-10-13)15(16)17(22)26/h12-16H,4-11H2,1-3H3,(H2,22,26)(H2,23,28)(H,24,29)(H,25,27). The number of alkyl carbamates (subject to hydrolysis) is 1. The number of unbranched alkanes of at least 4 members (excludes halogenated alkanes) is 1. The molecule has 2 bridgehead atoms. The molecule has 3 rings (SSSR count). The fourth-order valence-electron chi connectivity index (χ4n) is 4.67. The summed E-state index contributed by atoms with van der Waals surface area (Å²) in [6.45, 7) is 5.68. The highest BCUT2D eigenvalue weighted by atomic mass is 16.6. The Morgan fingerprint density at radius 1 is 1.00 bits per heavy atom. The molecule has 0 heterocycles. The van der Waals surface area contributed by atoms with Crippen molar-refractivity contribution in [2.75, 3.05) is 6.54 Å². The zero-order valence-electron chi connectivity index (χ0n) is 18.6. The predicted octanol–water partition coefficient (Wildman–Crippen LogP) is 1.55. The van der Waals surface area contributed by atoms with Crippen molar-refractivity contribution in [2.45, 2.75) is 83.5 Å². The monoisotopic (exact) mass is 440 g/mol. The van der Waals surface area contributed by atoms with Crippen LogP contribution in [0.2, 0.25) is 0 Å². The highest BCUT2D eigenvalue weighted by Gasteiger charge is 2.47. The second-order valence-electron chi connectivity index (χ2n) is 9.49. The number of ether oxygens (including phenoxy) is 2. The van der Waals surface area contributed by atoms with E-state index < -0.39 is 41.6 Å². The molecule has 0 aliphatic heterocycles. The number of hydrogen-bond donors (Lipinski definition) is 4. The van der Waals surface area contributed by atoms with Gasteiger partial charge in [-0.1, -0.05) is 0 Å². The molecule has 4 amide bonds. The lowest BCUT2D eigenvalue weighted by molar-refractivity contribution is -0.136. The first-order valence-electron chi connectivity index (χ1n) is 11.0. The van der Waals surface area contributed by atoms with Crippen LogP contribution in [0.5, 0.6) is 0 Å².